The van der Waals surface area contributed by atoms with E-state index < -0.39 is 46.5 Å². The molecule has 3 heterocycles. The van der Waals surface area contributed by atoms with E-state index in [-0.39, 0.29) is 43.3 Å². The van der Waals surface area contributed by atoms with E-state index in [9.17, 15) is 32.8 Å². The number of aromatic carboxylic acids is 1. The van der Waals surface area contributed by atoms with Crippen LogP contribution in [0.15, 0.2) is 17.1 Å². The molecule has 0 saturated carbocycles. The lowest BCUT2D eigenvalue weighted by molar-refractivity contribution is -0.546. The molecule has 2 fully saturated rings. The number of carbonyl (C=O) groups is 1. The van der Waals surface area contributed by atoms with Crippen LogP contribution in [0.5, 0.6) is 5.75 Å². The van der Waals surface area contributed by atoms with Crippen LogP contribution in [0.4, 0.5) is 23.2 Å². The van der Waals surface area contributed by atoms with Gasteiger partial charge in [0.25, 0.3) is 6.73 Å². The van der Waals surface area contributed by atoms with Gasteiger partial charge in [-0.3, -0.25) is 4.79 Å². The van der Waals surface area contributed by atoms with Gasteiger partial charge in [0, 0.05) is 41.8 Å². The van der Waals surface area contributed by atoms with E-state index in [0.717, 1.165) is 17.9 Å². The Bertz CT molecular complexity index is 1200. The van der Waals surface area contributed by atoms with Crippen molar-refractivity contribution in [1.29, 1.82) is 0 Å². The standard InChI is InChI=1S/C20H19F4N3O6/c1-32-17-14-11(16(28)12(18(29)30)7-26(14)9-20(22,23)24)6-13(21)15(17)25-4-2-19(3-5-25)8-27(31)10-33-19/h6-7H,2-5,8-10H2,1H3/p+1. The number of fused-ring (bicyclic) bond motifs is 1. The lowest BCUT2D eigenvalue weighted by atomic mass is 9.91. The molecule has 178 valence electrons. The largest absolute Gasteiger partial charge is 0.492 e. The molecular weight excluding hydrogens is 454 g/mol. The summed E-state index contributed by atoms with van der Waals surface area (Å²) in [7, 11) is 1.13. The van der Waals surface area contributed by atoms with E-state index in [1.54, 1.807) is 4.90 Å². The van der Waals surface area contributed by atoms with E-state index >= 15 is 4.39 Å². The number of ether oxygens (including phenoxy) is 2. The van der Waals surface area contributed by atoms with Crippen LogP contribution in [0.3, 0.4) is 0 Å². The average molecular weight is 474 g/mol. The first-order chi connectivity index (χ1) is 15.4. The third-order valence-corrected chi connectivity index (χ3v) is 6.00. The van der Waals surface area contributed by atoms with E-state index in [1.165, 1.54) is 0 Å². The fourth-order valence-electron chi connectivity index (χ4n) is 4.51. The average Bonchev–Trinajstić information content (AvgIpc) is 3.09. The van der Waals surface area contributed by atoms with E-state index in [1.807, 2.05) is 0 Å². The number of anilines is 1. The molecule has 0 aliphatic carbocycles. The Balaban J connectivity index is 1.86. The molecule has 9 nitrogen and oxygen atoms in total. The normalized spacial score (nSPS) is 18.3. The summed E-state index contributed by atoms with van der Waals surface area (Å²) in [4.78, 5) is 37.2. The molecule has 33 heavy (non-hydrogen) atoms. The zero-order valence-corrected chi connectivity index (χ0v) is 17.4. The second kappa shape index (κ2) is 7.97. The van der Waals surface area contributed by atoms with Gasteiger partial charge < -0.3 is 24.0 Å². The predicted molar refractivity (Wildman–Crippen MR) is 106 cm³/mol. The van der Waals surface area contributed by atoms with Gasteiger partial charge >= 0.3 is 12.1 Å². The number of carboxylic acid groups (broad SMARTS) is 1. The Morgan fingerprint density at radius 1 is 1.33 bits per heavy atom. The summed E-state index contributed by atoms with van der Waals surface area (Å²) in [6, 6.07) is 0.741. The number of halogens is 4. The number of aromatic nitrogens is 1. The second-order valence-electron chi connectivity index (χ2n) is 8.14. The van der Waals surface area contributed by atoms with Crippen molar-refractivity contribution in [2.75, 3.05) is 38.4 Å². The van der Waals surface area contributed by atoms with Crippen LogP contribution in [0.25, 0.3) is 10.9 Å². The van der Waals surface area contributed by atoms with Crippen LogP contribution in [0.1, 0.15) is 23.2 Å². The Kier molecular flexibility index (Phi) is 5.55. The Labute approximate surface area is 183 Å². The minimum atomic E-state index is -4.75. The van der Waals surface area contributed by atoms with Gasteiger partial charge in [-0.25, -0.2) is 9.18 Å². The fourth-order valence-corrected chi connectivity index (χ4v) is 4.51. The number of methoxy groups -OCH3 is 1. The summed E-state index contributed by atoms with van der Waals surface area (Å²) in [5.41, 5.74) is -3.21. The smallest absolute Gasteiger partial charge is 0.406 e. The number of nitrogens with zero attached hydrogens (tertiary/aromatic N) is 3. The third kappa shape index (κ3) is 4.12. The monoisotopic (exact) mass is 474 g/mol. The number of alkyl halides is 3. The van der Waals surface area contributed by atoms with Crippen LogP contribution in [-0.4, -0.2) is 65.7 Å². The molecule has 1 spiro atoms. The number of hydrogen-bond donors (Lipinski definition) is 1. The molecular formula is C20H20F4N3O6+. The first-order valence-electron chi connectivity index (χ1n) is 9.99. The van der Waals surface area contributed by atoms with Crippen molar-refractivity contribution in [1.82, 2.24) is 4.57 Å². The molecule has 4 rings (SSSR count). The number of piperidine rings is 1. The van der Waals surface area contributed by atoms with Gasteiger partial charge in [0.1, 0.15) is 23.4 Å². The van der Waals surface area contributed by atoms with Crippen molar-refractivity contribution >= 4 is 22.6 Å². The highest BCUT2D eigenvalue weighted by Gasteiger charge is 2.48. The number of carboxylic acids is 1. The molecule has 0 bridgehead atoms. The van der Waals surface area contributed by atoms with Crippen molar-refractivity contribution in [2.24, 2.45) is 0 Å². The molecule has 2 aliphatic rings. The highest BCUT2D eigenvalue weighted by Crippen LogP contribution is 2.41. The summed E-state index contributed by atoms with van der Waals surface area (Å²) in [5.74, 6) is -2.98. The van der Waals surface area contributed by atoms with Gasteiger partial charge in [-0.2, -0.15) is 13.2 Å². The summed E-state index contributed by atoms with van der Waals surface area (Å²) in [6.45, 7) is -1.06. The summed E-state index contributed by atoms with van der Waals surface area (Å²) < 4.78 is 67.2. The Hall–Kier alpha value is -3.22. The maximum Gasteiger partial charge on any atom is 0.406 e. The maximum atomic E-state index is 15.2. The molecule has 13 heteroatoms. The molecule has 2 saturated heterocycles. The van der Waals surface area contributed by atoms with E-state index in [4.69, 9.17) is 9.47 Å². The van der Waals surface area contributed by atoms with Crippen molar-refractivity contribution < 1.29 is 41.7 Å². The summed E-state index contributed by atoms with van der Waals surface area (Å²) in [5, 5.41) is 8.72. The molecule has 0 radical (unpaired) electrons. The van der Waals surface area contributed by atoms with Crippen LogP contribution >= 0.6 is 0 Å². The lowest BCUT2D eigenvalue weighted by Crippen LogP contribution is -2.46. The van der Waals surface area contributed by atoms with Crippen LogP contribution in [0, 0.1) is 10.7 Å². The third-order valence-electron chi connectivity index (χ3n) is 6.00. The molecule has 2 aliphatic heterocycles. The minimum Gasteiger partial charge on any atom is -0.492 e. The van der Waals surface area contributed by atoms with Crippen molar-refractivity contribution in [3.8, 4) is 5.75 Å². The zero-order valence-electron chi connectivity index (χ0n) is 17.4. The van der Waals surface area contributed by atoms with Gasteiger partial charge in [-0.1, -0.05) is 0 Å². The minimum absolute atomic E-state index is 0.0662. The summed E-state index contributed by atoms with van der Waals surface area (Å²) in [6.07, 6.45) is -3.41. The number of rotatable bonds is 4. The summed E-state index contributed by atoms with van der Waals surface area (Å²) >= 11 is 0. The van der Waals surface area contributed by atoms with E-state index in [2.05, 4.69) is 0 Å². The quantitative estimate of drug-likeness (QED) is 0.537. The lowest BCUT2D eigenvalue weighted by Gasteiger charge is -2.37. The molecule has 1 N–H and O–H groups in total. The maximum absolute atomic E-state index is 15.2. The van der Waals surface area contributed by atoms with Crippen molar-refractivity contribution in [3.63, 3.8) is 0 Å². The predicted octanol–water partition coefficient (Wildman–Crippen LogP) is 2.52. The van der Waals surface area contributed by atoms with Crippen molar-refractivity contribution in [2.45, 2.75) is 31.2 Å². The van der Waals surface area contributed by atoms with Crippen LogP contribution in [0.2, 0.25) is 0 Å². The van der Waals surface area contributed by atoms with Gasteiger partial charge in [-0.15, -0.1) is 0 Å². The fraction of sp³-hybridized carbons (Fsp3) is 0.500. The first kappa shape index (κ1) is 23.0. The molecule has 1 aromatic carbocycles. The molecule has 1 aromatic heterocycles. The van der Waals surface area contributed by atoms with Gasteiger partial charge in [-0.05, 0) is 6.07 Å². The Morgan fingerprint density at radius 3 is 2.52 bits per heavy atom. The van der Waals surface area contributed by atoms with E-state index in [0.29, 0.717) is 23.6 Å². The van der Waals surface area contributed by atoms with Crippen LogP contribution < -0.4 is 15.1 Å². The Morgan fingerprint density at radius 2 is 2.00 bits per heavy atom. The first-order valence-corrected chi connectivity index (χ1v) is 9.99. The molecule has 0 atom stereocenters. The number of hydrogen-bond acceptors (Lipinski definition) is 6. The topological polar surface area (TPSA) is 101 Å². The highest BCUT2D eigenvalue weighted by molar-refractivity contribution is 5.97. The SMILES string of the molecule is COc1c(N2CCC3(CC2)C[N+](=O)CO3)c(F)cc2c(=O)c(C(=O)O)cn(CC(F)(F)F)c12. The van der Waals surface area contributed by atoms with Gasteiger partial charge in [0.05, 0.1) is 18.0 Å². The second-order valence-corrected chi connectivity index (χ2v) is 8.14. The number of pyridine rings is 1. The number of nitroso groups, excluding NO2 is 1. The highest BCUT2D eigenvalue weighted by atomic mass is 19.4. The van der Waals surface area contributed by atoms with Crippen LogP contribution in [-0.2, 0) is 11.3 Å². The zero-order chi connectivity index (χ0) is 24.1. The van der Waals surface area contributed by atoms with Gasteiger partial charge in [0.2, 0.25) is 12.0 Å². The molecule has 2 aromatic rings. The molecule has 0 unspecified atom stereocenters. The number of benzene rings is 1. The van der Waals surface area contributed by atoms with Gasteiger partial charge in [0.15, 0.2) is 11.6 Å². The molecule has 0 amide bonds. The van der Waals surface area contributed by atoms with Crippen molar-refractivity contribution in [3.05, 3.63) is 38.8 Å².